The number of aryl methyl sites for hydroxylation is 1. The number of benzene rings is 1. The summed E-state index contributed by atoms with van der Waals surface area (Å²) in [5, 5.41) is 7.90. The fraction of sp³-hybridized carbons (Fsp3) is 0.500. The topological polar surface area (TPSA) is 101 Å². The van der Waals surface area contributed by atoms with Gasteiger partial charge >= 0.3 is 0 Å². The second kappa shape index (κ2) is 12.5. The number of carbonyl (C=O) groups excluding carboxylic acids is 3. The minimum absolute atomic E-state index is 0.0287. The molecule has 0 aliphatic heterocycles. The van der Waals surface area contributed by atoms with Crippen LogP contribution in [-0.4, -0.2) is 53.9 Å². The number of hydrogen-bond acceptors (Lipinski definition) is 6. The normalized spacial score (nSPS) is 14.6. The van der Waals surface area contributed by atoms with E-state index in [9.17, 15) is 14.4 Å². The van der Waals surface area contributed by atoms with Crippen molar-refractivity contribution in [2.24, 2.45) is 0 Å². The quantitative estimate of drug-likeness (QED) is 0.488. The number of ether oxygens (including phenoxy) is 1. The molecule has 33 heavy (non-hydrogen) atoms. The number of amides is 3. The van der Waals surface area contributed by atoms with Crippen LogP contribution in [0.4, 0.5) is 5.13 Å². The number of aromatic nitrogens is 1. The zero-order chi connectivity index (χ0) is 23.6. The molecule has 0 radical (unpaired) electrons. The fourth-order valence-corrected chi connectivity index (χ4v) is 4.66. The number of carbonyl (C=O) groups is 3. The molecule has 1 atom stereocenters. The summed E-state index contributed by atoms with van der Waals surface area (Å²) >= 11 is 1.33. The van der Waals surface area contributed by atoms with E-state index in [1.165, 1.54) is 11.3 Å². The molecule has 2 aromatic rings. The monoisotopic (exact) mass is 472 g/mol. The number of anilines is 1. The Labute approximate surface area is 198 Å². The van der Waals surface area contributed by atoms with Gasteiger partial charge in [0.15, 0.2) is 5.13 Å². The largest absolute Gasteiger partial charge is 0.383 e. The Morgan fingerprint density at radius 3 is 2.55 bits per heavy atom. The number of thiazole rings is 1. The number of nitrogens with one attached hydrogen (secondary N) is 2. The molecule has 3 rings (SSSR count). The molecule has 178 valence electrons. The van der Waals surface area contributed by atoms with Gasteiger partial charge in [0.2, 0.25) is 17.7 Å². The number of methoxy groups -OCH3 is 1. The smallest absolute Gasteiger partial charge is 0.247 e. The van der Waals surface area contributed by atoms with Crippen molar-refractivity contribution in [3.05, 3.63) is 47.0 Å². The lowest BCUT2D eigenvalue weighted by Gasteiger charge is -2.36. The van der Waals surface area contributed by atoms with Gasteiger partial charge in [0.1, 0.15) is 6.04 Å². The predicted molar refractivity (Wildman–Crippen MR) is 128 cm³/mol. The molecule has 9 heteroatoms. The fourth-order valence-electron chi connectivity index (χ4n) is 4.12. The maximum Gasteiger partial charge on any atom is 0.247 e. The Morgan fingerprint density at radius 1 is 1.18 bits per heavy atom. The van der Waals surface area contributed by atoms with Gasteiger partial charge in [-0.25, -0.2) is 4.98 Å². The summed E-state index contributed by atoms with van der Waals surface area (Å²) in [7, 11) is 1.58. The van der Waals surface area contributed by atoms with E-state index < -0.39 is 6.04 Å². The average Bonchev–Trinajstić information content (AvgIpc) is 3.51. The van der Waals surface area contributed by atoms with Gasteiger partial charge in [-0.2, -0.15) is 0 Å². The zero-order valence-corrected chi connectivity index (χ0v) is 20.0. The molecule has 0 bridgehead atoms. The molecular weight excluding hydrogens is 440 g/mol. The van der Waals surface area contributed by atoms with Gasteiger partial charge in [-0.1, -0.05) is 42.7 Å². The molecule has 0 spiro atoms. The molecule has 1 aromatic heterocycles. The molecular formula is C24H32N4O4S. The van der Waals surface area contributed by atoms with Crippen LogP contribution >= 0.6 is 11.3 Å². The SMILES string of the molecule is COCCNC(=O)[C@H](c1ccc(C)cc1)N(C(=O)CCC(=O)Nc1nccs1)C1CCCC1. The van der Waals surface area contributed by atoms with Crippen molar-refractivity contribution in [3.8, 4) is 0 Å². The summed E-state index contributed by atoms with van der Waals surface area (Å²) in [5.41, 5.74) is 1.85. The van der Waals surface area contributed by atoms with Gasteiger partial charge in [-0.05, 0) is 25.3 Å². The Hall–Kier alpha value is -2.78. The maximum absolute atomic E-state index is 13.5. The lowest BCUT2D eigenvalue weighted by molar-refractivity contribution is -0.144. The molecule has 0 saturated heterocycles. The Kier molecular flexibility index (Phi) is 9.38. The molecule has 1 fully saturated rings. The van der Waals surface area contributed by atoms with Crippen LogP contribution in [0.2, 0.25) is 0 Å². The van der Waals surface area contributed by atoms with Crippen LogP contribution < -0.4 is 10.6 Å². The highest BCUT2D eigenvalue weighted by Gasteiger charge is 2.37. The molecule has 0 unspecified atom stereocenters. The van der Waals surface area contributed by atoms with Gasteiger partial charge in [-0.15, -0.1) is 11.3 Å². The molecule has 1 aromatic carbocycles. The number of hydrogen-bond donors (Lipinski definition) is 2. The summed E-state index contributed by atoms with van der Waals surface area (Å²) < 4.78 is 5.07. The third kappa shape index (κ3) is 7.10. The molecule has 1 aliphatic carbocycles. The zero-order valence-electron chi connectivity index (χ0n) is 19.2. The molecule has 1 heterocycles. The highest BCUT2D eigenvalue weighted by atomic mass is 32.1. The summed E-state index contributed by atoms with van der Waals surface area (Å²) in [6.45, 7) is 2.74. The molecule has 8 nitrogen and oxygen atoms in total. The molecule has 1 saturated carbocycles. The van der Waals surface area contributed by atoms with Crippen molar-refractivity contribution < 1.29 is 19.1 Å². The van der Waals surface area contributed by atoms with Crippen molar-refractivity contribution in [2.45, 2.75) is 57.5 Å². The van der Waals surface area contributed by atoms with Crippen molar-refractivity contribution in [3.63, 3.8) is 0 Å². The second-order valence-corrected chi connectivity index (χ2v) is 9.12. The van der Waals surface area contributed by atoms with Gasteiger partial charge < -0.3 is 20.3 Å². The van der Waals surface area contributed by atoms with E-state index in [0.29, 0.717) is 18.3 Å². The van der Waals surface area contributed by atoms with Gasteiger partial charge in [0, 0.05) is 44.1 Å². The molecule has 1 aliphatic rings. The van der Waals surface area contributed by atoms with Gasteiger partial charge in [-0.3, -0.25) is 14.4 Å². The predicted octanol–water partition coefficient (Wildman–Crippen LogP) is 3.45. The van der Waals surface area contributed by atoms with E-state index in [2.05, 4.69) is 15.6 Å². The van der Waals surface area contributed by atoms with E-state index in [0.717, 1.165) is 36.8 Å². The summed E-state index contributed by atoms with van der Waals surface area (Å²) in [6, 6.07) is 6.92. The summed E-state index contributed by atoms with van der Waals surface area (Å²) in [4.78, 5) is 44.9. The Bertz CT molecular complexity index is 911. The van der Waals surface area contributed by atoms with Crippen LogP contribution in [0, 0.1) is 6.92 Å². The van der Waals surface area contributed by atoms with Gasteiger partial charge in [0.25, 0.3) is 0 Å². The first-order valence-corrected chi connectivity index (χ1v) is 12.2. The molecule has 2 N–H and O–H groups in total. The van der Waals surface area contributed by atoms with Crippen LogP contribution in [0.3, 0.4) is 0 Å². The van der Waals surface area contributed by atoms with E-state index in [-0.39, 0.29) is 36.6 Å². The van der Waals surface area contributed by atoms with Crippen LogP contribution in [-0.2, 0) is 19.1 Å². The summed E-state index contributed by atoms with van der Waals surface area (Å²) in [5.74, 6) is -0.687. The van der Waals surface area contributed by atoms with Crippen LogP contribution in [0.1, 0.15) is 55.7 Å². The Balaban J connectivity index is 1.80. The van der Waals surface area contributed by atoms with Crippen LogP contribution in [0.5, 0.6) is 0 Å². The van der Waals surface area contributed by atoms with Crippen LogP contribution in [0.15, 0.2) is 35.8 Å². The van der Waals surface area contributed by atoms with Crippen molar-refractivity contribution in [1.29, 1.82) is 0 Å². The van der Waals surface area contributed by atoms with E-state index >= 15 is 0 Å². The standard InChI is InChI=1S/C24H32N4O4S/c1-17-7-9-18(10-8-17)22(23(31)25-13-15-32-2)28(19-5-3-4-6-19)21(30)12-11-20(29)27-24-26-14-16-33-24/h7-10,14,16,19,22H,3-6,11-13,15H2,1-2H3,(H,25,31)(H,26,27,29)/t22-/m0/s1. The third-order valence-electron chi connectivity index (χ3n) is 5.78. The average molecular weight is 473 g/mol. The summed E-state index contributed by atoms with van der Waals surface area (Å²) in [6.07, 6.45) is 5.42. The minimum atomic E-state index is -0.750. The third-order valence-corrected chi connectivity index (χ3v) is 6.46. The Morgan fingerprint density at radius 2 is 1.91 bits per heavy atom. The van der Waals surface area contributed by atoms with Crippen molar-refractivity contribution in [2.75, 3.05) is 25.6 Å². The first-order chi connectivity index (χ1) is 16.0. The minimum Gasteiger partial charge on any atom is -0.383 e. The molecule has 3 amide bonds. The lowest BCUT2D eigenvalue weighted by atomic mass is 9.99. The first kappa shape index (κ1) is 24.9. The number of rotatable bonds is 11. The van der Waals surface area contributed by atoms with Crippen molar-refractivity contribution in [1.82, 2.24) is 15.2 Å². The van der Waals surface area contributed by atoms with E-state index in [4.69, 9.17) is 4.74 Å². The highest BCUT2D eigenvalue weighted by Crippen LogP contribution is 2.32. The number of nitrogens with zero attached hydrogens (tertiary/aromatic N) is 2. The van der Waals surface area contributed by atoms with E-state index in [1.807, 2.05) is 31.2 Å². The van der Waals surface area contributed by atoms with E-state index in [1.54, 1.807) is 23.6 Å². The second-order valence-electron chi connectivity index (χ2n) is 8.22. The van der Waals surface area contributed by atoms with Crippen molar-refractivity contribution >= 4 is 34.2 Å². The van der Waals surface area contributed by atoms with Gasteiger partial charge in [0.05, 0.1) is 6.61 Å². The first-order valence-electron chi connectivity index (χ1n) is 11.3. The lowest BCUT2D eigenvalue weighted by Crippen LogP contribution is -2.48. The van der Waals surface area contributed by atoms with Crippen LogP contribution in [0.25, 0.3) is 0 Å². The maximum atomic E-state index is 13.5. The highest BCUT2D eigenvalue weighted by molar-refractivity contribution is 7.13.